The SMILES string of the molecule is O=C(O)CCCS(=S)CCCC(=O)O. The van der Waals surface area contributed by atoms with Gasteiger partial charge in [0.2, 0.25) is 0 Å². The van der Waals surface area contributed by atoms with E-state index in [-0.39, 0.29) is 22.3 Å². The smallest absolute Gasteiger partial charge is 0.303 e. The molecule has 0 radical (unpaired) electrons. The number of hydrogen-bond acceptors (Lipinski definition) is 3. The lowest BCUT2D eigenvalue weighted by atomic mass is 10.3. The van der Waals surface area contributed by atoms with Gasteiger partial charge in [0.25, 0.3) is 0 Å². The average Bonchev–Trinajstić information content (AvgIpc) is 2.02. The monoisotopic (exact) mass is 238 g/mol. The first-order chi connectivity index (χ1) is 6.52. The highest BCUT2D eigenvalue weighted by Crippen LogP contribution is 1.98. The Balaban J connectivity index is 3.37. The number of rotatable bonds is 8. The van der Waals surface area contributed by atoms with E-state index in [1.807, 2.05) is 0 Å². The molecule has 0 aromatic carbocycles. The maximum atomic E-state index is 10.2. The average molecular weight is 238 g/mol. The highest BCUT2D eigenvalue weighted by atomic mass is 32.8. The first kappa shape index (κ1) is 13.5. The van der Waals surface area contributed by atoms with E-state index in [4.69, 9.17) is 21.4 Å². The fourth-order valence-electron chi connectivity index (χ4n) is 0.871. The summed E-state index contributed by atoms with van der Waals surface area (Å²) in [5.74, 6) is -0.187. The molecule has 0 unspecified atom stereocenters. The third-order valence-corrected chi connectivity index (χ3v) is 4.01. The van der Waals surface area contributed by atoms with Crippen molar-refractivity contribution in [3.05, 3.63) is 0 Å². The van der Waals surface area contributed by atoms with E-state index in [2.05, 4.69) is 0 Å². The minimum Gasteiger partial charge on any atom is -0.481 e. The second-order valence-electron chi connectivity index (χ2n) is 2.84. The van der Waals surface area contributed by atoms with Crippen molar-refractivity contribution >= 4 is 32.6 Å². The third-order valence-electron chi connectivity index (χ3n) is 1.53. The molecule has 4 nitrogen and oxygen atoms in total. The summed E-state index contributed by atoms with van der Waals surface area (Å²) >= 11 is 5.08. The Morgan fingerprint density at radius 2 is 1.36 bits per heavy atom. The topological polar surface area (TPSA) is 74.6 Å². The minimum atomic E-state index is -0.803. The summed E-state index contributed by atoms with van der Waals surface area (Å²) in [5.41, 5.74) is 0. The Morgan fingerprint density at radius 1 is 1.00 bits per heavy atom. The van der Waals surface area contributed by atoms with Crippen molar-refractivity contribution in [2.24, 2.45) is 0 Å². The van der Waals surface area contributed by atoms with Gasteiger partial charge in [0.1, 0.15) is 0 Å². The second kappa shape index (κ2) is 7.87. The standard InChI is InChI=1S/C8H14O4S2/c9-7(10)3-1-5-14(13)6-2-4-8(11)12/h1-6H2,(H,9,10)(H,11,12). The van der Waals surface area contributed by atoms with Gasteiger partial charge in [-0.05, 0) is 24.3 Å². The summed E-state index contributed by atoms with van der Waals surface area (Å²) in [6.45, 7) is 0. The van der Waals surface area contributed by atoms with Crippen LogP contribution in [0.1, 0.15) is 25.7 Å². The van der Waals surface area contributed by atoms with Gasteiger partial charge in [-0.25, -0.2) is 0 Å². The summed E-state index contributed by atoms with van der Waals surface area (Å²) in [6.07, 6.45) is 1.49. The van der Waals surface area contributed by atoms with Crippen molar-refractivity contribution in [1.82, 2.24) is 0 Å². The van der Waals surface area contributed by atoms with Gasteiger partial charge in [-0.15, -0.1) is 9.45 Å². The van der Waals surface area contributed by atoms with Crippen LogP contribution < -0.4 is 0 Å². The summed E-state index contributed by atoms with van der Waals surface area (Å²) in [7, 11) is -0.246. The minimum absolute atomic E-state index is 0.152. The van der Waals surface area contributed by atoms with E-state index in [9.17, 15) is 9.59 Å². The second-order valence-corrected chi connectivity index (χ2v) is 5.95. The predicted octanol–water partition coefficient (Wildman–Crippen LogP) is 0.796. The zero-order valence-electron chi connectivity index (χ0n) is 7.77. The first-order valence-electron chi connectivity index (χ1n) is 4.31. The van der Waals surface area contributed by atoms with Crippen molar-refractivity contribution in [3.63, 3.8) is 0 Å². The van der Waals surface area contributed by atoms with E-state index in [0.717, 1.165) is 0 Å². The highest BCUT2D eigenvalue weighted by molar-refractivity contribution is 8.28. The van der Waals surface area contributed by atoms with Crippen LogP contribution in [0.5, 0.6) is 0 Å². The Morgan fingerprint density at radius 3 is 1.64 bits per heavy atom. The zero-order chi connectivity index (χ0) is 11.0. The summed E-state index contributed by atoms with van der Waals surface area (Å²) < 4.78 is 0. The molecule has 0 heterocycles. The predicted molar refractivity (Wildman–Crippen MR) is 58.2 cm³/mol. The molecule has 2 N–H and O–H groups in total. The molecule has 0 rings (SSSR count). The Hall–Kier alpha value is -0.490. The molecule has 0 aromatic heterocycles. The molecule has 0 amide bonds. The Kier molecular flexibility index (Phi) is 7.60. The van der Waals surface area contributed by atoms with Crippen LogP contribution in [0.3, 0.4) is 0 Å². The quantitative estimate of drug-likeness (QED) is 0.654. The van der Waals surface area contributed by atoms with Crippen LogP contribution in [0.15, 0.2) is 0 Å². The fraction of sp³-hybridized carbons (Fsp3) is 0.750. The highest BCUT2D eigenvalue weighted by Gasteiger charge is 2.01. The van der Waals surface area contributed by atoms with Gasteiger partial charge in [0, 0.05) is 12.8 Å². The molecule has 0 saturated heterocycles. The number of carboxylic acid groups (broad SMARTS) is 2. The van der Waals surface area contributed by atoms with Crippen LogP contribution in [0, 0.1) is 0 Å². The number of hydrogen-bond donors (Lipinski definition) is 2. The van der Waals surface area contributed by atoms with Crippen LogP contribution in [0.4, 0.5) is 0 Å². The zero-order valence-corrected chi connectivity index (χ0v) is 9.40. The number of carbonyl (C=O) groups is 2. The molecule has 0 aromatic rings. The van der Waals surface area contributed by atoms with E-state index in [1.54, 1.807) is 0 Å². The van der Waals surface area contributed by atoms with Crippen LogP contribution in [-0.4, -0.2) is 33.7 Å². The lowest BCUT2D eigenvalue weighted by Gasteiger charge is -2.02. The molecular formula is C8H14O4S2. The van der Waals surface area contributed by atoms with Gasteiger partial charge in [-0.1, -0.05) is 11.2 Å². The van der Waals surface area contributed by atoms with Crippen LogP contribution in [0.25, 0.3) is 0 Å². The molecule has 0 atom stereocenters. The Bertz CT molecular complexity index is 205. The fourth-order valence-corrected chi connectivity index (χ4v) is 2.71. The van der Waals surface area contributed by atoms with Crippen molar-refractivity contribution in [2.45, 2.75) is 25.7 Å². The van der Waals surface area contributed by atoms with Crippen molar-refractivity contribution in [3.8, 4) is 0 Å². The lowest BCUT2D eigenvalue weighted by molar-refractivity contribution is -0.138. The molecule has 14 heavy (non-hydrogen) atoms. The molecule has 0 aliphatic heterocycles. The molecular weight excluding hydrogens is 224 g/mol. The molecule has 0 bridgehead atoms. The van der Waals surface area contributed by atoms with E-state index in [0.29, 0.717) is 24.3 Å². The van der Waals surface area contributed by atoms with Gasteiger partial charge >= 0.3 is 11.9 Å². The van der Waals surface area contributed by atoms with Gasteiger partial charge in [0.15, 0.2) is 0 Å². The number of carboxylic acids is 2. The lowest BCUT2D eigenvalue weighted by Crippen LogP contribution is -2.06. The molecule has 0 aliphatic carbocycles. The van der Waals surface area contributed by atoms with Gasteiger partial charge < -0.3 is 10.2 Å². The molecule has 0 saturated carbocycles. The van der Waals surface area contributed by atoms with E-state index < -0.39 is 11.9 Å². The maximum Gasteiger partial charge on any atom is 0.303 e. The van der Waals surface area contributed by atoms with Crippen LogP contribution in [-0.2, 0) is 30.2 Å². The number of aliphatic carboxylic acids is 2. The van der Waals surface area contributed by atoms with Crippen molar-refractivity contribution in [2.75, 3.05) is 11.5 Å². The molecule has 0 aliphatic rings. The van der Waals surface area contributed by atoms with Crippen LogP contribution in [0.2, 0.25) is 0 Å². The Labute approximate surface area is 89.9 Å². The van der Waals surface area contributed by atoms with E-state index in [1.165, 1.54) is 0 Å². The van der Waals surface area contributed by atoms with Crippen LogP contribution >= 0.6 is 0 Å². The largest absolute Gasteiger partial charge is 0.481 e. The maximum absolute atomic E-state index is 10.2. The molecule has 0 fully saturated rings. The van der Waals surface area contributed by atoms with Crippen molar-refractivity contribution < 1.29 is 19.8 Å². The summed E-state index contributed by atoms with van der Waals surface area (Å²) in [5, 5.41) is 16.7. The summed E-state index contributed by atoms with van der Waals surface area (Å²) in [6, 6.07) is 0. The first-order valence-corrected chi connectivity index (χ1v) is 6.79. The molecule has 82 valence electrons. The molecule has 0 spiro atoms. The summed E-state index contributed by atoms with van der Waals surface area (Å²) in [4.78, 5) is 20.4. The van der Waals surface area contributed by atoms with Gasteiger partial charge in [0.05, 0.1) is 0 Å². The van der Waals surface area contributed by atoms with Gasteiger partial charge in [-0.3, -0.25) is 9.59 Å². The van der Waals surface area contributed by atoms with Crippen molar-refractivity contribution in [1.29, 1.82) is 0 Å². The third kappa shape index (κ3) is 9.60. The van der Waals surface area contributed by atoms with E-state index >= 15 is 0 Å². The molecule has 6 heteroatoms. The van der Waals surface area contributed by atoms with Gasteiger partial charge in [-0.2, -0.15) is 0 Å². The normalized spacial score (nSPS) is 10.4.